The van der Waals surface area contributed by atoms with E-state index in [1.165, 1.54) is 57.4 Å². The van der Waals surface area contributed by atoms with Crippen LogP contribution in [0.25, 0.3) is 0 Å². The number of nitrogens with zero attached hydrogens (tertiary/aromatic N) is 1. The van der Waals surface area contributed by atoms with Crippen LogP contribution in [0.4, 0.5) is 0 Å². The van der Waals surface area contributed by atoms with Crippen LogP contribution in [0.2, 0.25) is 0 Å². The monoisotopic (exact) mass is 638 g/mol. The summed E-state index contributed by atoms with van der Waals surface area (Å²) in [5.41, 5.74) is 0. The molecule has 9 unspecified atom stereocenters. The number of ether oxygens (including phenoxy) is 1. The van der Waals surface area contributed by atoms with Crippen molar-refractivity contribution in [3.05, 3.63) is 12.7 Å². The summed E-state index contributed by atoms with van der Waals surface area (Å²) in [4.78, 5) is 14.9. The predicted octanol–water partition coefficient (Wildman–Crippen LogP) is 3.61. The Kier molecular flexibility index (Phi) is 16.4. The molecule has 43 heavy (non-hydrogen) atoms. The van der Waals surface area contributed by atoms with Gasteiger partial charge in [-0.2, -0.15) is 0 Å². The van der Waals surface area contributed by atoms with E-state index in [-0.39, 0.29) is 47.8 Å². The summed E-state index contributed by atoms with van der Waals surface area (Å²) < 4.78 is 14.1. The second-order valence-electron chi connectivity index (χ2n) is 12.9. The van der Waals surface area contributed by atoms with Gasteiger partial charge in [-0.15, -0.1) is 11.6 Å². The van der Waals surface area contributed by atoms with Crippen LogP contribution < -0.4 is 26.6 Å². The number of methoxy groups -OCH3 is 1. The van der Waals surface area contributed by atoms with E-state index in [2.05, 4.69) is 63.8 Å². The van der Waals surface area contributed by atoms with Gasteiger partial charge in [0, 0.05) is 37.7 Å². The van der Waals surface area contributed by atoms with Gasteiger partial charge in [-0.1, -0.05) is 58.0 Å². The van der Waals surface area contributed by atoms with Crippen molar-refractivity contribution in [2.45, 2.75) is 120 Å². The van der Waals surface area contributed by atoms with Crippen LogP contribution in [0, 0.1) is 29.6 Å². The lowest BCUT2D eigenvalue weighted by molar-refractivity contribution is -0.118. The Bertz CT molecular complexity index is 911. The molecule has 0 radical (unpaired) electrons. The molecule has 1 amide bonds. The van der Waals surface area contributed by atoms with Crippen LogP contribution in [-0.2, 0) is 14.1 Å². The first kappa shape index (κ1) is 36.4. The average molecular weight is 639 g/mol. The Hall–Kier alpha value is -1.08. The Morgan fingerprint density at radius 2 is 1.79 bits per heavy atom. The number of nitrogens with one attached hydrogen (secondary N) is 5. The Balaban J connectivity index is 0.00000248. The summed E-state index contributed by atoms with van der Waals surface area (Å²) in [6, 6.07) is 0.442. The first-order chi connectivity index (χ1) is 20.9. The van der Waals surface area contributed by atoms with Gasteiger partial charge in [0.15, 0.2) is 0 Å². The third-order valence-corrected chi connectivity index (χ3v) is 10.1. The fourth-order valence-electron chi connectivity index (χ4n) is 7.31. The number of carbonyl (C=O) groups excluding carboxylic acids is 1. The van der Waals surface area contributed by atoms with Crippen molar-refractivity contribution in [2.24, 2.45) is 17.8 Å². The quantitative estimate of drug-likeness (QED) is 0.113. The number of hydrogen-bond donors (Lipinski definition) is 5. The molecule has 11 heteroatoms. The summed E-state index contributed by atoms with van der Waals surface area (Å²) in [7, 11) is 3.50. The highest BCUT2D eigenvalue weighted by Gasteiger charge is 2.40. The molecule has 2 heterocycles. The molecule has 2 saturated heterocycles. The number of rotatable bonds is 9. The van der Waals surface area contributed by atoms with E-state index < -0.39 is 0 Å². The third kappa shape index (κ3) is 11.3. The fraction of sp³-hybridized carbons (Fsp3) is 0.844. The minimum atomic E-state index is -0.153. The van der Waals surface area contributed by atoms with Crippen molar-refractivity contribution in [1.29, 1.82) is 0 Å². The van der Waals surface area contributed by atoms with Crippen LogP contribution >= 0.6 is 20.7 Å². The number of alkyl halides is 1. The van der Waals surface area contributed by atoms with E-state index >= 15 is 0 Å². The Morgan fingerprint density at radius 1 is 1.07 bits per heavy atom. The molecule has 244 valence electrons. The summed E-state index contributed by atoms with van der Waals surface area (Å²) in [6.45, 7) is 12.1. The number of amides is 1. The van der Waals surface area contributed by atoms with Crippen LogP contribution in [0.1, 0.15) is 78.1 Å². The molecule has 9 nitrogen and oxygen atoms in total. The van der Waals surface area contributed by atoms with E-state index in [1.54, 1.807) is 16.2 Å². The number of likely N-dealkylation sites (tertiary alicyclic amines) is 1. The second-order valence-corrected chi connectivity index (χ2v) is 13.5. The molecular formula is C32H56ClN6O3P. The molecule has 0 aromatic carbocycles. The molecule has 0 aromatic heterocycles. The van der Waals surface area contributed by atoms with E-state index in [4.69, 9.17) is 20.9 Å². The summed E-state index contributed by atoms with van der Waals surface area (Å²) in [5, 5.41) is 18.0. The average Bonchev–Trinajstić information content (AvgIpc) is 3.29. The minimum absolute atomic E-state index is 0.0122. The van der Waals surface area contributed by atoms with Gasteiger partial charge in [0.2, 0.25) is 5.91 Å². The zero-order valence-electron chi connectivity index (χ0n) is 26.5. The largest absolute Gasteiger partial charge is 0.380 e. The van der Waals surface area contributed by atoms with Crippen molar-refractivity contribution in [1.82, 2.24) is 31.5 Å². The normalized spacial score (nSPS) is 35.4. The lowest BCUT2D eigenvalue weighted by Crippen LogP contribution is -2.72. The smallest absolute Gasteiger partial charge is 0.243 e. The Morgan fingerprint density at radius 3 is 2.47 bits per heavy atom. The van der Waals surface area contributed by atoms with Crippen LogP contribution in [-0.4, -0.2) is 86.2 Å². The molecule has 0 spiro atoms. The fourth-order valence-corrected chi connectivity index (χ4v) is 7.54. The maximum absolute atomic E-state index is 12.4. The first-order valence-electron chi connectivity index (χ1n) is 16.4. The highest BCUT2D eigenvalue weighted by molar-refractivity contribution is 7.00. The van der Waals surface area contributed by atoms with E-state index in [9.17, 15) is 4.79 Å². The molecule has 4 fully saturated rings. The van der Waals surface area contributed by atoms with Gasteiger partial charge in [0.25, 0.3) is 0 Å². The van der Waals surface area contributed by atoms with Gasteiger partial charge >= 0.3 is 0 Å². The lowest BCUT2D eigenvalue weighted by atomic mass is 9.77. The van der Waals surface area contributed by atoms with E-state index in [0.717, 1.165) is 32.5 Å². The van der Waals surface area contributed by atoms with Gasteiger partial charge in [0.05, 0.1) is 24.2 Å². The maximum Gasteiger partial charge on any atom is 0.243 e. The summed E-state index contributed by atoms with van der Waals surface area (Å²) in [6.07, 6.45) is 12.9. The van der Waals surface area contributed by atoms with Crippen molar-refractivity contribution in [2.75, 3.05) is 33.3 Å². The highest BCUT2D eigenvalue weighted by atomic mass is 35.5. The molecule has 9 atom stereocenters. The second kappa shape index (κ2) is 19.4. The standard InChI is InChI=1S/C32H55ClN6O2.HOP/c1-5-30(40)35-27-20-28(29(41-4)19-23(27)13-12-18-39-16-10-6-7-11-17-39)37-32-34-21-25(33)31(38-32)36-26-15-9-8-14-24(26)22(2)3;1-2/h5,22-29,31-32,34,36-38H,1,6-11,14-21H2,2-4H3,(H,35,40);2H. The van der Waals surface area contributed by atoms with E-state index in [0.29, 0.717) is 24.4 Å². The van der Waals surface area contributed by atoms with Crippen molar-refractivity contribution >= 4 is 26.6 Å². The van der Waals surface area contributed by atoms with Gasteiger partial charge in [-0.3, -0.25) is 35.5 Å². The van der Waals surface area contributed by atoms with Gasteiger partial charge in [-0.25, -0.2) is 0 Å². The topological polar surface area (TPSA) is 107 Å². The number of hydrogen-bond acceptors (Lipinski definition) is 8. The van der Waals surface area contributed by atoms with Gasteiger partial charge < -0.3 is 10.1 Å². The molecule has 4 aliphatic rings. The van der Waals surface area contributed by atoms with Crippen LogP contribution in [0.15, 0.2) is 12.7 Å². The molecule has 2 saturated carbocycles. The van der Waals surface area contributed by atoms with Crippen LogP contribution in [0.5, 0.6) is 0 Å². The highest BCUT2D eigenvalue weighted by Crippen LogP contribution is 2.31. The lowest BCUT2D eigenvalue weighted by Gasteiger charge is -2.45. The minimum Gasteiger partial charge on any atom is -0.380 e. The van der Waals surface area contributed by atoms with Crippen molar-refractivity contribution in [3.8, 4) is 11.8 Å². The summed E-state index contributed by atoms with van der Waals surface area (Å²) >= 11 is 6.81. The van der Waals surface area contributed by atoms with E-state index in [1.807, 2.05) is 0 Å². The zero-order valence-corrected chi connectivity index (χ0v) is 28.3. The van der Waals surface area contributed by atoms with Crippen molar-refractivity contribution in [3.63, 3.8) is 0 Å². The van der Waals surface area contributed by atoms with Gasteiger partial charge in [0.1, 0.15) is 15.4 Å². The third-order valence-electron chi connectivity index (χ3n) is 9.71. The Labute approximate surface area is 267 Å². The molecule has 2 aliphatic carbocycles. The first-order valence-corrected chi connectivity index (χ1v) is 17.2. The number of carbonyl (C=O) groups is 1. The van der Waals surface area contributed by atoms with Gasteiger partial charge in [-0.05, 0) is 69.5 Å². The zero-order chi connectivity index (χ0) is 31.2. The SMILES string of the molecule is C=CC(=O)NC1CC(NC2NCC(Cl)C(NC3CCCCC3C(C)C)N2)C(OC)CC1C#CCN1CCCCCC1.O=P. The molecule has 0 bridgehead atoms. The van der Waals surface area contributed by atoms with Crippen molar-refractivity contribution < 1.29 is 14.1 Å². The number of halogens is 1. The molecule has 2 aliphatic heterocycles. The summed E-state index contributed by atoms with van der Waals surface area (Å²) in [5.74, 6) is 8.19. The molecule has 5 N–H and O–H groups in total. The molecule has 0 aromatic rings. The predicted molar refractivity (Wildman–Crippen MR) is 176 cm³/mol. The molecular weight excluding hydrogens is 583 g/mol. The molecule has 4 rings (SSSR count). The van der Waals surface area contributed by atoms with Crippen LogP contribution in [0.3, 0.4) is 0 Å². The maximum atomic E-state index is 12.4.